The van der Waals surface area contributed by atoms with Gasteiger partial charge in [-0.1, -0.05) is 54.6 Å². The summed E-state index contributed by atoms with van der Waals surface area (Å²) in [5.41, 5.74) is 5.68. The van der Waals surface area contributed by atoms with E-state index in [9.17, 15) is 9.59 Å². The van der Waals surface area contributed by atoms with E-state index in [0.717, 1.165) is 34.4 Å². The fourth-order valence-corrected chi connectivity index (χ4v) is 3.83. The van der Waals surface area contributed by atoms with Gasteiger partial charge < -0.3 is 0 Å². The Morgan fingerprint density at radius 1 is 0.935 bits per heavy atom. The number of carbonyl (C=O) groups excluding carboxylic acids is 2. The summed E-state index contributed by atoms with van der Waals surface area (Å²) >= 11 is 0. The molecule has 0 amide bonds. The number of aryl methyl sites for hydroxylation is 1. The zero-order valence-corrected chi connectivity index (χ0v) is 17.2. The second kappa shape index (κ2) is 9.32. The van der Waals surface area contributed by atoms with Crippen molar-refractivity contribution in [1.29, 1.82) is 5.26 Å². The zero-order chi connectivity index (χ0) is 21.6. The lowest BCUT2D eigenvalue weighted by Crippen LogP contribution is -2.09. The molecule has 1 aliphatic rings. The number of fused-ring (bicyclic) bond motifs is 1. The third-order valence-corrected chi connectivity index (χ3v) is 5.41. The normalized spacial score (nSPS) is 13.0. The molecule has 152 valence electrons. The lowest BCUT2D eigenvalue weighted by atomic mass is 9.98. The van der Waals surface area contributed by atoms with Gasteiger partial charge in [-0.3, -0.25) is 14.6 Å². The number of nitriles is 1. The first-order valence-electron chi connectivity index (χ1n) is 10.4. The molecule has 0 radical (unpaired) electrons. The molecular formula is C27H22N2O2. The van der Waals surface area contributed by atoms with E-state index < -0.39 is 0 Å². The van der Waals surface area contributed by atoms with Crippen LogP contribution in [0.5, 0.6) is 0 Å². The summed E-state index contributed by atoms with van der Waals surface area (Å²) < 4.78 is 0. The molecule has 0 N–H and O–H groups in total. The van der Waals surface area contributed by atoms with Gasteiger partial charge in [0.1, 0.15) is 11.6 Å². The number of nitrogens with zero attached hydrogens (tertiary/aromatic N) is 2. The Balaban J connectivity index is 1.51. The molecule has 0 saturated carbocycles. The quantitative estimate of drug-likeness (QED) is 0.582. The molecule has 1 heterocycles. The predicted molar refractivity (Wildman–Crippen MR) is 121 cm³/mol. The maximum absolute atomic E-state index is 12.6. The van der Waals surface area contributed by atoms with E-state index in [0.29, 0.717) is 30.5 Å². The van der Waals surface area contributed by atoms with Crippen molar-refractivity contribution < 1.29 is 9.59 Å². The monoisotopic (exact) mass is 406 g/mol. The number of Topliss-reactive ketones (excluding diaryl/α,β-unsaturated/α-hetero) is 2. The maximum atomic E-state index is 12.6. The average molecular weight is 406 g/mol. The van der Waals surface area contributed by atoms with E-state index in [1.165, 1.54) is 0 Å². The molecule has 4 nitrogen and oxygen atoms in total. The largest absolute Gasteiger partial charge is 0.299 e. The Hall–Kier alpha value is -3.84. The number of ketones is 2. The van der Waals surface area contributed by atoms with Gasteiger partial charge in [0.2, 0.25) is 0 Å². The molecular weight excluding hydrogens is 384 g/mol. The predicted octanol–water partition coefficient (Wildman–Crippen LogP) is 4.94. The molecule has 0 fully saturated rings. The van der Waals surface area contributed by atoms with Crippen molar-refractivity contribution in [3.8, 4) is 6.07 Å². The highest BCUT2D eigenvalue weighted by Gasteiger charge is 2.19. The Bertz CT molecular complexity index is 1200. The third-order valence-electron chi connectivity index (χ3n) is 5.41. The van der Waals surface area contributed by atoms with E-state index in [-0.39, 0.29) is 18.0 Å². The molecule has 0 saturated heterocycles. The summed E-state index contributed by atoms with van der Waals surface area (Å²) in [5, 5.41) is 9.15. The number of rotatable bonds is 6. The van der Waals surface area contributed by atoms with Crippen LogP contribution in [-0.4, -0.2) is 17.3 Å². The molecule has 0 unspecified atom stereocenters. The summed E-state index contributed by atoms with van der Waals surface area (Å²) in [6, 6.07) is 25.0. The Morgan fingerprint density at radius 2 is 1.77 bits per heavy atom. The molecule has 4 heteroatoms. The van der Waals surface area contributed by atoms with E-state index in [1.54, 1.807) is 18.2 Å². The highest BCUT2D eigenvalue weighted by atomic mass is 16.1. The van der Waals surface area contributed by atoms with E-state index in [4.69, 9.17) is 10.3 Å². The van der Waals surface area contributed by atoms with Gasteiger partial charge in [-0.05, 0) is 46.9 Å². The van der Waals surface area contributed by atoms with Gasteiger partial charge in [0.15, 0.2) is 0 Å². The van der Waals surface area contributed by atoms with E-state index in [1.807, 2.05) is 54.6 Å². The second-order valence-corrected chi connectivity index (χ2v) is 7.81. The van der Waals surface area contributed by atoms with E-state index in [2.05, 4.69) is 6.07 Å². The number of hydrogen-bond donors (Lipinski definition) is 0. The summed E-state index contributed by atoms with van der Waals surface area (Å²) in [5.74, 6) is 0.258. The van der Waals surface area contributed by atoms with Crippen LogP contribution in [0, 0.1) is 11.3 Å². The van der Waals surface area contributed by atoms with Crippen LogP contribution in [0.4, 0.5) is 5.69 Å². The number of carbonyl (C=O) groups is 2. The topological polar surface area (TPSA) is 70.3 Å². The molecule has 3 aromatic carbocycles. The fraction of sp³-hybridized carbons (Fsp3) is 0.185. The standard InChI is InChI=1S/C27H22N2O2/c28-18-21-7-4-8-22(14-21)27-17-25(31)16-23-13-20(10-12-26(23)29-27)15-24(30)11-9-19-5-2-1-3-6-19/h1-8,10,12-14H,9,11,15-17H2. The number of aliphatic imine (C=N–C) groups is 1. The summed E-state index contributed by atoms with van der Waals surface area (Å²) in [6.07, 6.45) is 2.12. The van der Waals surface area contributed by atoms with Gasteiger partial charge in [-0.15, -0.1) is 0 Å². The lowest BCUT2D eigenvalue weighted by molar-refractivity contribution is -0.118. The lowest BCUT2D eigenvalue weighted by Gasteiger charge is -2.07. The van der Waals surface area contributed by atoms with Crippen molar-refractivity contribution in [1.82, 2.24) is 0 Å². The SMILES string of the molecule is N#Cc1cccc(C2=Nc3ccc(CC(=O)CCc4ccccc4)cc3CC(=O)C2)c1. The number of hydrogen-bond acceptors (Lipinski definition) is 4. The van der Waals surface area contributed by atoms with Gasteiger partial charge >= 0.3 is 0 Å². The molecule has 0 aromatic heterocycles. The average Bonchev–Trinajstić information content (AvgIpc) is 2.96. The smallest absolute Gasteiger partial charge is 0.143 e. The zero-order valence-electron chi connectivity index (χ0n) is 17.2. The van der Waals surface area contributed by atoms with Crippen molar-refractivity contribution >= 4 is 23.0 Å². The Morgan fingerprint density at radius 3 is 2.58 bits per heavy atom. The summed E-state index contributed by atoms with van der Waals surface area (Å²) in [7, 11) is 0. The number of benzene rings is 3. The van der Waals surface area contributed by atoms with Crippen LogP contribution in [0.15, 0.2) is 77.8 Å². The molecule has 0 atom stereocenters. The van der Waals surface area contributed by atoms with Crippen LogP contribution in [0.25, 0.3) is 0 Å². The van der Waals surface area contributed by atoms with E-state index >= 15 is 0 Å². The first-order chi connectivity index (χ1) is 15.1. The van der Waals surface area contributed by atoms with Crippen LogP contribution in [0.3, 0.4) is 0 Å². The Kier molecular flexibility index (Phi) is 6.14. The fourth-order valence-electron chi connectivity index (χ4n) is 3.83. The summed E-state index contributed by atoms with van der Waals surface area (Å²) in [4.78, 5) is 29.8. The third kappa shape index (κ3) is 5.21. The van der Waals surface area contributed by atoms with Crippen LogP contribution < -0.4 is 0 Å². The molecule has 0 aliphatic carbocycles. The molecule has 0 bridgehead atoms. The Labute approximate surface area is 181 Å². The molecule has 31 heavy (non-hydrogen) atoms. The van der Waals surface area contributed by atoms with Gasteiger partial charge in [0, 0.05) is 25.7 Å². The van der Waals surface area contributed by atoms with Crippen molar-refractivity contribution in [3.63, 3.8) is 0 Å². The minimum Gasteiger partial charge on any atom is -0.299 e. The van der Waals surface area contributed by atoms with Crippen molar-refractivity contribution in [3.05, 3.63) is 101 Å². The van der Waals surface area contributed by atoms with Gasteiger partial charge in [-0.25, -0.2) is 0 Å². The highest BCUT2D eigenvalue weighted by molar-refractivity contribution is 6.13. The van der Waals surface area contributed by atoms with Crippen LogP contribution in [0.1, 0.15) is 40.7 Å². The first kappa shape index (κ1) is 20.4. The van der Waals surface area contributed by atoms with Gasteiger partial charge in [-0.2, -0.15) is 5.26 Å². The van der Waals surface area contributed by atoms with Gasteiger partial charge in [0.25, 0.3) is 0 Å². The van der Waals surface area contributed by atoms with Crippen LogP contribution >= 0.6 is 0 Å². The molecule has 1 aliphatic heterocycles. The minimum atomic E-state index is 0.0763. The second-order valence-electron chi connectivity index (χ2n) is 7.81. The minimum absolute atomic E-state index is 0.0763. The van der Waals surface area contributed by atoms with Crippen molar-refractivity contribution in [2.45, 2.75) is 32.1 Å². The van der Waals surface area contributed by atoms with Crippen LogP contribution in [-0.2, 0) is 28.9 Å². The van der Waals surface area contributed by atoms with Gasteiger partial charge in [0.05, 0.1) is 23.0 Å². The first-order valence-corrected chi connectivity index (χ1v) is 10.4. The van der Waals surface area contributed by atoms with Crippen LogP contribution in [0.2, 0.25) is 0 Å². The maximum Gasteiger partial charge on any atom is 0.143 e. The molecule has 4 rings (SSSR count). The van der Waals surface area contributed by atoms with Crippen molar-refractivity contribution in [2.75, 3.05) is 0 Å². The molecule has 3 aromatic rings. The van der Waals surface area contributed by atoms with Crippen molar-refractivity contribution in [2.24, 2.45) is 4.99 Å². The molecule has 0 spiro atoms. The highest BCUT2D eigenvalue weighted by Crippen LogP contribution is 2.27. The summed E-state index contributed by atoms with van der Waals surface area (Å²) in [6.45, 7) is 0.